The number of primary amides is 1. The zero-order valence-corrected chi connectivity index (χ0v) is 10.7. The number of rotatable bonds is 3. The number of amides is 3. The Bertz CT molecular complexity index is 643. The Morgan fingerprint density at radius 1 is 1.16 bits per heavy atom. The van der Waals surface area contributed by atoms with E-state index in [9.17, 15) is 14.7 Å². The summed E-state index contributed by atoms with van der Waals surface area (Å²) in [5.74, 6) is -0.172. The number of benzene rings is 2. The first-order valence-electron chi connectivity index (χ1n) is 5.50. The molecule has 4 N–H and O–H groups in total. The summed E-state index contributed by atoms with van der Waals surface area (Å²) < 4.78 is 0. The summed E-state index contributed by atoms with van der Waals surface area (Å²) in [4.78, 5) is 22.7. The molecular formula is C13H12N2O3S. The summed E-state index contributed by atoms with van der Waals surface area (Å²) in [6, 6.07) is 9.81. The smallest absolute Gasteiger partial charge is 0.318 e. The third-order valence-electron chi connectivity index (χ3n) is 2.48. The molecule has 98 valence electrons. The van der Waals surface area contributed by atoms with Crippen LogP contribution < -0.4 is 11.1 Å². The molecule has 0 bridgehead atoms. The number of imide groups is 1. The van der Waals surface area contributed by atoms with Crippen molar-refractivity contribution in [3.05, 3.63) is 36.4 Å². The van der Waals surface area contributed by atoms with Crippen molar-refractivity contribution in [1.29, 1.82) is 0 Å². The molecule has 6 heteroatoms. The van der Waals surface area contributed by atoms with Gasteiger partial charge in [0.05, 0.1) is 5.75 Å². The van der Waals surface area contributed by atoms with Crippen LogP contribution in [0.2, 0.25) is 0 Å². The van der Waals surface area contributed by atoms with Gasteiger partial charge >= 0.3 is 6.03 Å². The first-order chi connectivity index (χ1) is 9.08. The van der Waals surface area contributed by atoms with E-state index in [1.165, 1.54) is 11.8 Å². The molecule has 0 spiro atoms. The molecule has 5 nitrogen and oxygen atoms in total. The maximum absolute atomic E-state index is 11.3. The highest BCUT2D eigenvalue weighted by Gasteiger charge is 2.09. The van der Waals surface area contributed by atoms with E-state index in [0.29, 0.717) is 0 Å². The molecule has 0 unspecified atom stereocenters. The SMILES string of the molecule is NC(=O)NC(=O)CSc1ccc(O)c2ccccc12. The molecule has 0 aliphatic rings. The number of hydrogen-bond donors (Lipinski definition) is 3. The fourth-order valence-electron chi connectivity index (χ4n) is 1.70. The van der Waals surface area contributed by atoms with Crippen molar-refractivity contribution in [3.8, 4) is 5.75 Å². The molecule has 19 heavy (non-hydrogen) atoms. The van der Waals surface area contributed by atoms with Gasteiger partial charge < -0.3 is 10.8 Å². The summed E-state index contributed by atoms with van der Waals surface area (Å²) in [6.07, 6.45) is 0. The van der Waals surface area contributed by atoms with Gasteiger partial charge in [0.1, 0.15) is 5.75 Å². The highest BCUT2D eigenvalue weighted by Crippen LogP contribution is 2.32. The number of thioether (sulfide) groups is 1. The Kier molecular flexibility index (Phi) is 3.91. The summed E-state index contributed by atoms with van der Waals surface area (Å²) in [5, 5.41) is 13.3. The zero-order valence-electron chi connectivity index (χ0n) is 9.92. The van der Waals surface area contributed by atoms with E-state index in [1.807, 2.05) is 23.5 Å². The van der Waals surface area contributed by atoms with Crippen LogP contribution in [0.4, 0.5) is 4.79 Å². The van der Waals surface area contributed by atoms with Gasteiger partial charge in [0.15, 0.2) is 0 Å². The van der Waals surface area contributed by atoms with Crippen LogP contribution in [0.25, 0.3) is 10.8 Å². The van der Waals surface area contributed by atoms with Gasteiger partial charge in [-0.2, -0.15) is 0 Å². The largest absolute Gasteiger partial charge is 0.507 e. The quantitative estimate of drug-likeness (QED) is 0.746. The second kappa shape index (κ2) is 5.62. The van der Waals surface area contributed by atoms with E-state index in [4.69, 9.17) is 5.73 Å². The maximum Gasteiger partial charge on any atom is 0.318 e. The zero-order chi connectivity index (χ0) is 13.8. The third kappa shape index (κ3) is 3.17. The molecule has 2 aromatic carbocycles. The Morgan fingerprint density at radius 3 is 2.53 bits per heavy atom. The molecule has 0 fully saturated rings. The Morgan fingerprint density at radius 2 is 1.84 bits per heavy atom. The van der Waals surface area contributed by atoms with E-state index in [1.54, 1.807) is 18.2 Å². The minimum atomic E-state index is -0.860. The lowest BCUT2D eigenvalue weighted by atomic mass is 10.1. The molecule has 0 atom stereocenters. The van der Waals surface area contributed by atoms with Gasteiger partial charge in [-0.15, -0.1) is 11.8 Å². The van der Waals surface area contributed by atoms with E-state index in [-0.39, 0.29) is 11.5 Å². The lowest BCUT2D eigenvalue weighted by Crippen LogP contribution is -2.36. The lowest BCUT2D eigenvalue weighted by Gasteiger charge is -2.07. The van der Waals surface area contributed by atoms with Crippen molar-refractivity contribution in [2.24, 2.45) is 5.73 Å². The number of carbonyl (C=O) groups is 2. The number of urea groups is 1. The number of aromatic hydroxyl groups is 1. The van der Waals surface area contributed by atoms with Gasteiger partial charge in [-0.3, -0.25) is 10.1 Å². The molecule has 0 aliphatic carbocycles. The molecular weight excluding hydrogens is 264 g/mol. The number of carbonyl (C=O) groups excluding carboxylic acids is 2. The van der Waals surface area contributed by atoms with Crippen molar-refractivity contribution >= 4 is 34.5 Å². The van der Waals surface area contributed by atoms with E-state index < -0.39 is 11.9 Å². The second-order valence-corrected chi connectivity index (χ2v) is 4.85. The number of nitrogens with two attached hydrogens (primary N) is 1. The summed E-state index contributed by atoms with van der Waals surface area (Å²) in [7, 11) is 0. The first kappa shape index (κ1) is 13.2. The highest BCUT2D eigenvalue weighted by molar-refractivity contribution is 8.00. The monoisotopic (exact) mass is 276 g/mol. The predicted octanol–water partition coefficient (Wildman–Crippen LogP) is 1.83. The van der Waals surface area contributed by atoms with Gasteiger partial charge in [0.25, 0.3) is 0 Å². The van der Waals surface area contributed by atoms with Crippen molar-refractivity contribution in [2.75, 3.05) is 5.75 Å². The molecule has 0 aromatic heterocycles. The number of nitrogens with one attached hydrogen (secondary N) is 1. The normalized spacial score (nSPS) is 10.3. The molecule has 0 aliphatic heterocycles. The molecule has 0 saturated carbocycles. The Hall–Kier alpha value is -2.21. The van der Waals surface area contributed by atoms with Crippen LogP contribution in [-0.2, 0) is 4.79 Å². The maximum atomic E-state index is 11.3. The average molecular weight is 276 g/mol. The fourth-order valence-corrected chi connectivity index (χ4v) is 2.55. The fraction of sp³-hybridized carbons (Fsp3) is 0.0769. The second-order valence-electron chi connectivity index (χ2n) is 3.83. The van der Waals surface area contributed by atoms with E-state index in [2.05, 4.69) is 0 Å². The van der Waals surface area contributed by atoms with Crippen LogP contribution in [0.15, 0.2) is 41.3 Å². The first-order valence-corrected chi connectivity index (χ1v) is 6.49. The molecule has 0 radical (unpaired) electrons. The summed E-state index contributed by atoms with van der Waals surface area (Å²) >= 11 is 1.28. The Labute approximate surface area is 113 Å². The van der Waals surface area contributed by atoms with E-state index >= 15 is 0 Å². The van der Waals surface area contributed by atoms with Gasteiger partial charge in [0.2, 0.25) is 5.91 Å². The van der Waals surface area contributed by atoms with Gasteiger partial charge in [-0.25, -0.2) is 4.79 Å². The van der Waals surface area contributed by atoms with Gasteiger partial charge in [-0.1, -0.05) is 24.3 Å². The van der Waals surface area contributed by atoms with Crippen LogP contribution >= 0.6 is 11.8 Å². The molecule has 2 aromatic rings. The number of hydrogen-bond acceptors (Lipinski definition) is 4. The predicted molar refractivity (Wildman–Crippen MR) is 74.1 cm³/mol. The molecule has 3 amide bonds. The van der Waals surface area contributed by atoms with Crippen LogP contribution in [0.3, 0.4) is 0 Å². The number of phenols is 1. The van der Waals surface area contributed by atoms with Crippen LogP contribution in [0.1, 0.15) is 0 Å². The minimum absolute atomic E-state index is 0.0811. The summed E-state index contributed by atoms with van der Waals surface area (Å²) in [6.45, 7) is 0. The van der Waals surface area contributed by atoms with Crippen LogP contribution in [0, 0.1) is 0 Å². The minimum Gasteiger partial charge on any atom is -0.507 e. The van der Waals surface area contributed by atoms with Crippen molar-refractivity contribution in [2.45, 2.75) is 4.90 Å². The van der Waals surface area contributed by atoms with E-state index in [0.717, 1.165) is 15.7 Å². The Balaban J connectivity index is 2.20. The van der Waals surface area contributed by atoms with Crippen LogP contribution in [0.5, 0.6) is 5.75 Å². The standard InChI is InChI=1S/C13H12N2O3S/c14-13(18)15-12(17)7-19-11-6-5-10(16)8-3-1-2-4-9(8)11/h1-6,16H,7H2,(H3,14,15,17,18). The van der Waals surface area contributed by atoms with Crippen molar-refractivity contribution in [3.63, 3.8) is 0 Å². The van der Waals surface area contributed by atoms with Gasteiger partial charge in [0, 0.05) is 10.3 Å². The molecule has 0 heterocycles. The summed E-state index contributed by atoms with van der Waals surface area (Å²) in [5.41, 5.74) is 4.86. The number of phenolic OH excluding ortho intramolecular Hbond substituents is 1. The highest BCUT2D eigenvalue weighted by atomic mass is 32.2. The van der Waals surface area contributed by atoms with Gasteiger partial charge in [-0.05, 0) is 17.5 Å². The lowest BCUT2D eigenvalue weighted by molar-refractivity contribution is -0.117. The van der Waals surface area contributed by atoms with Crippen molar-refractivity contribution in [1.82, 2.24) is 5.32 Å². The van der Waals surface area contributed by atoms with Crippen molar-refractivity contribution < 1.29 is 14.7 Å². The average Bonchev–Trinajstić information content (AvgIpc) is 2.37. The number of fused-ring (bicyclic) bond motifs is 1. The molecule has 0 saturated heterocycles. The topological polar surface area (TPSA) is 92.4 Å². The third-order valence-corrected chi connectivity index (χ3v) is 3.56. The molecule has 2 rings (SSSR count). The van der Waals surface area contributed by atoms with Crippen LogP contribution in [-0.4, -0.2) is 22.8 Å².